The lowest BCUT2D eigenvalue weighted by Crippen LogP contribution is -2.48. The van der Waals surface area contributed by atoms with Crippen molar-refractivity contribution in [3.05, 3.63) is 35.9 Å². The fraction of sp³-hybridized carbons (Fsp3) is 0.182. The largest absolute Gasteiger partial charge is 0.480 e. The van der Waals surface area contributed by atoms with Crippen molar-refractivity contribution in [2.24, 2.45) is 5.73 Å². The van der Waals surface area contributed by atoms with Gasteiger partial charge in [-0.2, -0.15) is 0 Å². The Bertz CT molecular complexity index is 458. The fourth-order valence-corrected chi connectivity index (χ4v) is 1.16. The van der Waals surface area contributed by atoms with Crippen LogP contribution in [0.15, 0.2) is 30.3 Å². The first-order chi connectivity index (χ1) is 8.43. The van der Waals surface area contributed by atoms with Crippen molar-refractivity contribution in [1.29, 1.82) is 0 Å². The topological polar surface area (TPSA) is 127 Å². The first-order valence-corrected chi connectivity index (χ1v) is 4.90. The van der Waals surface area contributed by atoms with Crippen LogP contribution in [-0.4, -0.2) is 40.3 Å². The van der Waals surface area contributed by atoms with Crippen LogP contribution < -0.4 is 5.73 Å². The zero-order valence-corrected chi connectivity index (χ0v) is 9.15. The van der Waals surface area contributed by atoms with Crippen molar-refractivity contribution >= 4 is 17.9 Å². The second-order valence-corrected chi connectivity index (χ2v) is 3.39. The van der Waals surface area contributed by atoms with Crippen LogP contribution in [0, 0.1) is 0 Å². The second-order valence-electron chi connectivity index (χ2n) is 3.39. The smallest absolute Gasteiger partial charge is 0.347 e. The molecule has 0 aromatic heterocycles. The predicted molar refractivity (Wildman–Crippen MR) is 58.9 cm³/mol. The van der Waals surface area contributed by atoms with Gasteiger partial charge in [0.15, 0.2) is 6.04 Å². The van der Waals surface area contributed by atoms with Gasteiger partial charge in [0.25, 0.3) is 0 Å². The summed E-state index contributed by atoms with van der Waals surface area (Å²) in [5.41, 5.74) is 5.24. The highest BCUT2D eigenvalue weighted by molar-refractivity contribution is 5.93. The van der Waals surface area contributed by atoms with Gasteiger partial charge in [-0.15, -0.1) is 0 Å². The third-order valence-electron chi connectivity index (χ3n) is 2.10. The summed E-state index contributed by atoms with van der Waals surface area (Å²) in [5.74, 6) is -4.13. The minimum Gasteiger partial charge on any atom is -0.480 e. The van der Waals surface area contributed by atoms with E-state index in [4.69, 9.17) is 15.9 Å². The first kappa shape index (κ1) is 13.7. The van der Waals surface area contributed by atoms with E-state index in [1.165, 1.54) is 12.1 Å². The number of carbonyl (C=O) groups is 3. The summed E-state index contributed by atoms with van der Waals surface area (Å²) in [4.78, 5) is 32.9. The molecule has 18 heavy (non-hydrogen) atoms. The van der Waals surface area contributed by atoms with Gasteiger partial charge in [-0.1, -0.05) is 18.2 Å². The highest BCUT2D eigenvalue weighted by atomic mass is 16.6. The van der Waals surface area contributed by atoms with Crippen LogP contribution in [0.1, 0.15) is 10.4 Å². The minimum atomic E-state index is -1.93. The summed E-state index contributed by atoms with van der Waals surface area (Å²) in [7, 11) is 0. The number of carbonyl (C=O) groups excluding carboxylic acids is 1. The van der Waals surface area contributed by atoms with Gasteiger partial charge in [-0.3, -0.25) is 4.79 Å². The molecule has 0 heterocycles. The van der Waals surface area contributed by atoms with Crippen LogP contribution in [0.3, 0.4) is 0 Å². The van der Waals surface area contributed by atoms with Crippen molar-refractivity contribution in [2.45, 2.75) is 12.1 Å². The molecule has 0 bridgehead atoms. The molecule has 0 aliphatic rings. The lowest BCUT2D eigenvalue weighted by atomic mass is 10.1. The van der Waals surface area contributed by atoms with Gasteiger partial charge in [-0.05, 0) is 12.1 Å². The average Bonchev–Trinajstić information content (AvgIpc) is 2.35. The predicted octanol–water partition coefficient (Wildman–Crippen LogP) is -0.292. The average molecular weight is 253 g/mol. The molecule has 0 saturated carbocycles. The lowest BCUT2D eigenvalue weighted by Gasteiger charge is -2.17. The number of esters is 1. The zero-order valence-electron chi connectivity index (χ0n) is 9.15. The lowest BCUT2D eigenvalue weighted by molar-refractivity contribution is -0.155. The number of carboxylic acid groups (broad SMARTS) is 2. The zero-order chi connectivity index (χ0) is 13.7. The number of ether oxygens (including phenoxy) is 1. The maximum Gasteiger partial charge on any atom is 0.347 e. The normalized spacial score (nSPS) is 13.4. The van der Waals surface area contributed by atoms with Crippen LogP contribution in [0.4, 0.5) is 0 Å². The highest BCUT2D eigenvalue weighted by Crippen LogP contribution is 2.06. The third-order valence-corrected chi connectivity index (χ3v) is 2.10. The van der Waals surface area contributed by atoms with Crippen molar-refractivity contribution in [3.8, 4) is 0 Å². The number of rotatable bonds is 5. The van der Waals surface area contributed by atoms with Crippen LogP contribution in [-0.2, 0) is 14.3 Å². The molecule has 1 rings (SSSR count). The van der Waals surface area contributed by atoms with E-state index in [-0.39, 0.29) is 5.56 Å². The molecular weight excluding hydrogens is 242 g/mol. The van der Waals surface area contributed by atoms with Gasteiger partial charge in [0.05, 0.1) is 5.56 Å². The monoisotopic (exact) mass is 253 g/mol. The molecule has 4 N–H and O–H groups in total. The van der Waals surface area contributed by atoms with E-state index in [1.807, 2.05) is 0 Å². The Labute approximate surface area is 102 Å². The Morgan fingerprint density at radius 3 is 2.06 bits per heavy atom. The minimum absolute atomic E-state index is 0.112. The number of hydrogen-bond donors (Lipinski definition) is 3. The number of carboxylic acids is 2. The Morgan fingerprint density at radius 1 is 1.06 bits per heavy atom. The molecule has 7 nitrogen and oxygen atoms in total. The van der Waals surface area contributed by atoms with Gasteiger partial charge in [-0.25, -0.2) is 9.59 Å². The molecular formula is C11H11NO6. The van der Waals surface area contributed by atoms with Crippen molar-refractivity contribution in [3.63, 3.8) is 0 Å². The molecule has 0 spiro atoms. The van der Waals surface area contributed by atoms with Gasteiger partial charge >= 0.3 is 17.9 Å². The summed E-state index contributed by atoms with van der Waals surface area (Å²) in [6, 6.07) is 5.78. The summed E-state index contributed by atoms with van der Waals surface area (Å²) in [6.45, 7) is 0. The van der Waals surface area contributed by atoms with E-state index >= 15 is 0 Å². The number of aliphatic carboxylic acids is 2. The molecule has 0 fully saturated rings. The molecule has 0 radical (unpaired) electrons. The first-order valence-electron chi connectivity index (χ1n) is 4.90. The molecule has 0 saturated heterocycles. The van der Waals surface area contributed by atoms with E-state index in [0.29, 0.717) is 0 Å². The number of hydrogen-bond acceptors (Lipinski definition) is 5. The van der Waals surface area contributed by atoms with Crippen LogP contribution in [0.25, 0.3) is 0 Å². The van der Waals surface area contributed by atoms with Gasteiger partial charge in [0.1, 0.15) is 0 Å². The molecule has 1 aromatic carbocycles. The second kappa shape index (κ2) is 5.78. The van der Waals surface area contributed by atoms with Gasteiger partial charge in [0, 0.05) is 0 Å². The molecule has 0 amide bonds. The Kier molecular flexibility index (Phi) is 4.39. The molecule has 0 aliphatic heterocycles. The molecule has 7 heteroatoms. The summed E-state index contributed by atoms with van der Waals surface area (Å²) >= 11 is 0. The molecule has 0 aliphatic carbocycles. The van der Waals surface area contributed by atoms with Gasteiger partial charge in [0.2, 0.25) is 6.10 Å². The SMILES string of the molecule is N[C@H](C(=O)O)[C@H](OC(=O)c1ccccc1)C(=O)O. The van der Waals surface area contributed by atoms with E-state index < -0.39 is 30.1 Å². The van der Waals surface area contributed by atoms with Crippen LogP contribution in [0.5, 0.6) is 0 Å². The highest BCUT2D eigenvalue weighted by Gasteiger charge is 2.34. The van der Waals surface area contributed by atoms with E-state index in [0.717, 1.165) is 0 Å². The standard InChI is InChI=1S/C11H11NO6/c12-7(9(13)14)8(10(15)16)18-11(17)6-4-2-1-3-5-6/h1-5,7-8H,12H2,(H,13,14)(H,15,16)/t7-,8-/m0/s1. The molecule has 1 aromatic rings. The Morgan fingerprint density at radius 2 is 1.61 bits per heavy atom. The quantitative estimate of drug-likeness (QED) is 0.615. The van der Waals surface area contributed by atoms with Crippen molar-refractivity contribution < 1.29 is 29.3 Å². The Balaban J connectivity index is 2.83. The summed E-state index contributed by atoms with van der Waals surface area (Å²) < 4.78 is 4.58. The van der Waals surface area contributed by atoms with E-state index in [2.05, 4.69) is 4.74 Å². The van der Waals surface area contributed by atoms with Crippen LogP contribution in [0.2, 0.25) is 0 Å². The number of nitrogens with two attached hydrogens (primary N) is 1. The van der Waals surface area contributed by atoms with Crippen molar-refractivity contribution in [1.82, 2.24) is 0 Å². The van der Waals surface area contributed by atoms with Crippen LogP contribution >= 0.6 is 0 Å². The summed E-state index contributed by atoms with van der Waals surface area (Å²) in [5, 5.41) is 17.4. The van der Waals surface area contributed by atoms with E-state index in [9.17, 15) is 14.4 Å². The maximum atomic E-state index is 11.6. The summed E-state index contributed by atoms with van der Waals surface area (Å²) in [6.07, 6.45) is -1.93. The fourth-order valence-electron chi connectivity index (χ4n) is 1.16. The van der Waals surface area contributed by atoms with Gasteiger partial charge < -0.3 is 20.7 Å². The maximum absolute atomic E-state index is 11.6. The number of benzene rings is 1. The molecule has 0 unspecified atom stereocenters. The Hall–Kier alpha value is -2.41. The van der Waals surface area contributed by atoms with Crippen molar-refractivity contribution in [2.75, 3.05) is 0 Å². The third kappa shape index (κ3) is 3.29. The van der Waals surface area contributed by atoms with E-state index in [1.54, 1.807) is 18.2 Å². The molecule has 2 atom stereocenters. The molecule has 96 valence electrons.